The molecule has 2 N–H and O–H groups in total. The molecule has 27 heavy (non-hydrogen) atoms. The van der Waals surface area contributed by atoms with Gasteiger partial charge in [0, 0.05) is 6.54 Å². The molecule has 1 aliphatic heterocycles. The molecule has 7 heteroatoms. The maximum Gasteiger partial charge on any atom is 0.290 e. The van der Waals surface area contributed by atoms with Crippen LogP contribution < -0.4 is 4.74 Å². The van der Waals surface area contributed by atoms with Gasteiger partial charge in [0.25, 0.3) is 5.91 Å². The van der Waals surface area contributed by atoms with Gasteiger partial charge in [-0.1, -0.05) is 19.1 Å². The number of amides is 1. The third-order valence-electron chi connectivity index (χ3n) is 4.36. The van der Waals surface area contributed by atoms with Gasteiger partial charge in [0.15, 0.2) is 17.3 Å². The van der Waals surface area contributed by atoms with E-state index in [1.807, 2.05) is 6.92 Å². The SMILES string of the molecule is CCCN1C(=O)C(O)=C(C(=O)c2cccs2)C1c1ccc(O)c(OCC)c1. The van der Waals surface area contributed by atoms with Crippen LogP contribution in [0.4, 0.5) is 0 Å². The Hall–Kier alpha value is -2.80. The molecule has 3 rings (SSSR count). The Morgan fingerprint density at radius 1 is 1.26 bits per heavy atom. The molecule has 1 aromatic carbocycles. The predicted octanol–water partition coefficient (Wildman–Crippen LogP) is 3.84. The molecule has 0 spiro atoms. The van der Waals surface area contributed by atoms with Crippen LogP contribution >= 0.6 is 11.3 Å². The van der Waals surface area contributed by atoms with Crippen LogP contribution in [0.2, 0.25) is 0 Å². The second-order valence-corrected chi connectivity index (χ2v) is 7.08. The first-order valence-corrected chi connectivity index (χ1v) is 9.65. The van der Waals surface area contributed by atoms with E-state index >= 15 is 0 Å². The average Bonchev–Trinajstić information content (AvgIpc) is 3.27. The minimum Gasteiger partial charge on any atom is -0.504 e. The molecular formula is C20H21NO5S. The summed E-state index contributed by atoms with van der Waals surface area (Å²) in [6, 6.07) is 7.40. The van der Waals surface area contributed by atoms with Gasteiger partial charge in [0.2, 0.25) is 5.78 Å². The molecule has 2 aromatic rings. The third kappa shape index (κ3) is 3.42. The Labute approximate surface area is 161 Å². The van der Waals surface area contributed by atoms with Gasteiger partial charge >= 0.3 is 0 Å². The van der Waals surface area contributed by atoms with Crippen molar-refractivity contribution >= 4 is 23.0 Å². The summed E-state index contributed by atoms with van der Waals surface area (Å²) in [6.45, 7) is 4.47. The number of ether oxygens (including phenoxy) is 1. The second-order valence-electron chi connectivity index (χ2n) is 6.13. The zero-order valence-electron chi connectivity index (χ0n) is 15.1. The summed E-state index contributed by atoms with van der Waals surface area (Å²) >= 11 is 1.26. The van der Waals surface area contributed by atoms with E-state index in [0.29, 0.717) is 30.0 Å². The van der Waals surface area contributed by atoms with Crippen molar-refractivity contribution in [2.75, 3.05) is 13.2 Å². The van der Waals surface area contributed by atoms with E-state index in [4.69, 9.17) is 4.74 Å². The molecule has 0 aliphatic carbocycles. The smallest absolute Gasteiger partial charge is 0.290 e. The van der Waals surface area contributed by atoms with Crippen molar-refractivity contribution in [1.82, 2.24) is 4.90 Å². The normalized spacial score (nSPS) is 16.9. The molecule has 0 saturated heterocycles. The number of thiophene rings is 1. The summed E-state index contributed by atoms with van der Waals surface area (Å²) in [4.78, 5) is 27.6. The summed E-state index contributed by atoms with van der Waals surface area (Å²) in [5.41, 5.74) is 0.658. The molecular weight excluding hydrogens is 366 g/mol. The van der Waals surface area contributed by atoms with Crippen LogP contribution in [-0.2, 0) is 4.79 Å². The van der Waals surface area contributed by atoms with Gasteiger partial charge in [-0.3, -0.25) is 9.59 Å². The van der Waals surface area contributed by atoms with Crippen molar-refractivity contribution < 1.29 is 24.5 Å². The van der Waals surface area contributed by atoms with Gasteiger partial charge in [-0.2, -0.15) is 0 Å². The zero-order valence-corrected chi connectivity index (χ0v) is 16.0. The largest absolute Gasteiger partial charge is 0.504 e. The van der Waals surface area contributed by atoms with Gasteiger partial charge < -0.3 is 19.8 Å². The molecule has 142 valence electrons. The molecule has 0 radical (unpaired) electrons. The lowest BCUT2D eigenvalue weighted by atomic mass is 9.95. The first kappa shape index (κ1) is 19.0. The molecule has 6 nitrogen and oxygen atoms in total. The number of phenols is 1. The minimum absolute atomic E-state index is 0.0219. The number of hydrogen-bond donors (Lipinski definition) is 2. The number of aliphatic hydroxyl groups is 1. The minimum atomic E-state index is -0.730. The Kier molecular flexibility index (Phi) is 5.51. The monoisotopic (exact) mass is 387 g/mol. The molecule has 0 fully saturated rings. The van der Waals surface area contributed by atoms with E-state index < -0.39 is 17.7 Å². The van der Waals surface area contributed by atoms with Crippen LogP contribution in [0.1, 0.15) is 41.5 Å². The van der Waals surface area contributed by atoms with Crippen molar-refractivity contribution in [3.05, 3.63) is 57.5 Å². The number of phenolic OH excluding ortho intramolecular Hbond substituents is 1. The van der Waals surface area contributed by atoms with Gasteiger partial charge in [-0.25, -0.2) is 0 Å². The highest BCUT2D eigenvalue weighted by Gasteiger charge is 2.43. The van der Waals surface area contributed by atoms with Crippen LogP contribution in [0, 0.1) is 0 Å². The fourth-order valence-electron chi connectivity index (χ4n) is 3.22. The number of aliphatic hydroxyl groups excluding tert-OH is 1. The molecule has 1 atom stereocenters. The number of ketones is 1. The first-order valence-electron chi connectivity index (χ1n) is 8.77. The van der Waals surface area contributed by atoms with Crippen LogP contribution in [0.15, 0.2) is 47.0 Å². The lowest BCUT2D eigenvalue weighted by Crippen LogP contribution is -2.31. The highest BCUT2D eigenvalue weighted by atomic mass is 32.1. The van der Waals surface area contributed by atoms with Crippen LogP contribution in [-0.4, -0.2) is 40.0 Å². The Morgan fingerprint density at radius 2 is 2.04 bits per heavy atom. The van der Waals surface area contributed by atoms with E-state index in [1.54, 1.807) is 36.6 Å². The maximum absolute atomic E-state index is 13.0. The van der Waals surface area contributed by atoms with Crippen LogP contribution in [0.5, 0.6) is 11.5 Å². The van der Waals surface area contributed by atoms with Crippen LogP contribution in [0.25, 0.3) is 0 Å². The summed E-state index contributed by atoms with van der Waals surface area (Å²) < 4.78 is 5.44. The van der Waals surface area contributed by atoms with Crippen molar-refractivity contribution in [3.63, 3.8) is 0 Å². The van der Waals surface area contributed by atoms with E-state index in [0.717, 1.165) is 0 Å². The molecule has 2 heterocycles. The lowest BCUT2D eigenvalue weighted by Gasteiger charge is -2.26. The topological polar surface area (TPSA) is 87.1 Å². The fourth-order valence-corrected chi connectivity index (χ4v) is 3.89. The van der Waals surface area contributed by atoms with E-state index in [2.05, 4.69) is 0 Å². The summed E-state index contributed by atoms with van der Waals surface area (Å²) in [7, 11) is 0. The van der Waals surface area contributed by atoms with E-state index in [9.17, 15) is 19.8 Å². The number of benzene rings is 1. The molecule has 0 saturated carbocycles. The number of nitrogens with zero attached hydrogens (tertiary/aromatic N) is 1. The van der Waals surface area contributed by atoms with E-state index in [-0.39, 0.29) is 22.9 Å². The number of rotatable bonds is 7. The van der Waals surface area contributed by atoms with Crippen molar-refractivity contribution in [2.24, 2.45) is 0 Å². The van der Waals surface area contributed by atoms with Crippen LogP contribution in [0.3, 0.4) is 0 Å². The highest BCUT2D eigenvalue weighted by Crippen LogP contribution is 2.41. The highest BCUT2D eigenvalue weighted by molar-refractivity contribution is 7.12. The quantitative estimate of drug-likeness (QED) is 0.705. The van der Waals surface area contributed by atoms with Crippen molar-refractivity contribution in [3.8, 4) is 11.5 Å². The number of carbonyl (C=O) groups is 2. The van der Waals surface area contributed by atoms with Gasteiger partial charge in [-0.15, -0.1) is 11.3 Å². The number of hydrogen-bond acceptors (Lipinski definition) is 6. The maximum atomic E-state index is 13.0. The van der Waals surface area contributed by atoms with Gasteiger partial charge in [0.05, 0.1) is 23.1 Å². The zero-order chi connectivity index (χ0) is 19.6. The second kappa shape index (κ2) is 7.84. The van der Waals surface area contributed by atoms with Crippen molar-refractivity contribution in [1.29, 1.82) is 0 Å². The summed E-state index contributed by atoms with van der Waals surface area (Å²) in [5, 5.41) is 22.2. The van der Waals surface area contributed by atoms with Gasteiger partial charge in [0.1, 0.15) is 0 Å². The number of Topliss-reactive ketones (excluding diaryl/α,β-unsaturated/α-hetero) is 1. The molecule has 0 bridgehead atoms. The van der Waals surface area contributed by atoms with E-state index in [1.165, 1.54) is 22.3 Å². The summed E-state index contributed by atoms with van der Waals surface area (Å²) in [5.74, 6) is -1.20. The Morgan fingerprint density at radius 3 is 2.67 bits per heavy atom. The number of carbonyl (C=O) groups excluding carboxylic acids is 2. The predicted molar refractivity (Wildman–Crippen MR) is 102 cm³/mol. The van der Waals surface area contributed by atoms with Gasteiger partial charge in [-0.05, 0) is 42.5 Å². The first-order chi connectivity index (χ1) is 13.0. The molecule has 1 aromatic heterocycles. The van der Waals surface area contributed by atoms with Crippen molar-refractivity contribution in [2.45, 2.75) is 26.3 Å². The Balaban J connectivity index is 2.11. The standard InChI is InChI=1S/C20H21NO5S/c1-3-9-21-17(12-7-8-13(22)14(11-12)26-4-2)16(19(24)20(21)25)18(23)15-6-5-10-27-15/h5-8,10-11,17,22,24H,3-4,9H2,1-2H3. The molecule has 1 unspecified atom stereocenters. The average molecular weight is 387 g/mol. The molecule has 1 amide bonds. The molecule has 1 aliphatic rings. The fraction of sp³-hybridized carbons (Fsp3) is 0.300. The number of aromatic hydroxyl groups is 1. The third-order valence-corrected chi connectivity index (χ3v) is 5.23. The summed E-state index contributed by atoms with van der Waals surface area (Å²) in [6.07, 6.45) is 0.673. The Bertz CT molecular complexity index is 888. The lowest BCUT2D eigenvalue weighted by molar-refractivity contribution is -0.129.